The minimum atomic E-state index is -0.860. The molecule has 0 saturated carbocycles. The molecular weight excluding hydrogens is 380 g/mol. The summed E-state index contributed by atoms with van der Waals surface area (Å²) >= 11 is 0. The number of cyclic esters (lactones) is 1. The fraction of sp³-hybridized carbons (Fsp3) is 0.583. The van der Waals surface area contributed by atoms with E-state index in [2.05, 4.69) is 11.8 Å². The molecule has 164 valence electrons. The average molecular weight is 415 g/mol. The topological polar surface area (TPSA) is 70.1 Å². The van der Waals surface area contributed by atoms with Gasteiger partial charge in [-0.05, 0) is 52.3 Å². The van der Waals surface area contributed by atoms with E-state index in [-0.39, 0.29) is 24.1 Å². The molecule has 1 aliphatic heterocycles. The summed E-state index contributed by atoms with van der Waals surface area (Å²) in [6.07, 6.45) is 0.516. The minimum Gasteiger partial charge on any atom is -0.446 e. The normalized spacial score (nSPS) is 18.2. The summed E-state index contributed by atoms with van der Waals surface area (Å²) in [6.45, 7) is 9.62. The molecule has 6 nitrogen and oxygen atoms in total. The monoisotopic (exact) mass is 414 g/mol. The summed E-state index contributed by atoms with van der Waals surface area (Å²) in [7, 11) is 3.45. The van der Waals surface area contributed by atoms with Gasteiger partial charge in [0.15, 0.2) is 0 Å². The Labute approximate surface area is 180 Å². The standard InChI is InChI=1S/C24H34N2O4/c1-17(26-15-13-20(30-22(26)28)16-24(4,5)29)19-10-8-18(9-11-19)12-14-23(2,3)21(27)25(6)7/h8-11,17,20,29H,13,15-16H2,1-7H3. The summed E-state index contributed by atoms with van der Waals surface area (Å²) < 4.78 is 5.53. The van der Waals surface area contributed by atoms with Crippen molar-refractivity contribution < 1.29 is 19.4 Å². The van der Waals surface area contributed by atoms with Crippen LogP contribution in [0.5, 0.6) is 0 Å². The lowest BCUT2D eigenvalue weighted by atomic mass is 9.92. The van der Waals surface area contributed by atoms with Crippen molar-refractivity contribution in [2.75, 3.05) is 20.6 Å². The Morgan fingerprint density at radius 1 is 1.27 bits per heavy atom. The zero-order valence-electron chi connectivity index (χ0n) is 19.2. The number of rotatable bonds is 5. The molecule has 2 atom stereocenters. The van der Waals surface area contributed by atoms with Crippen LogP contribution in [0.25, 0.3) is 0 Å². The molecule has 1 aromatic rings. The molecule has 30 heavy (non-hydrogen) atoms. The first-order valence-corrected chi connectivity index (χ1v) is 10.3. The first-order valence-electron chi connectivity index (χ1n) is 10.3. The summed E-state index contributed by atoms with van der Waals surface area (Å²) in [4.78, 5) is 27.9. The molecule has 0 bridgehead atoms. The summed E-state index contributed by atoms with van der Waals surface area (Å²) in [6, 6.07) is 7.58. The maximum atomic E-state index is 12.5. The molecular formula is C24H34N2O4. The fourth-order valence-corrected chi connectivity index (χ4v) is 3.56. The molecule has 1 saturated heterocycles. The van der Waals surface area contributed by atoms with Gasteiger partial charge in [0.25, 0.3) is 0 Å². The zero-order valence-corrected chi connectivity index (χ0v) is 19.2. The third-order valence-corrected chi connectivity index (χ3v) is 5.24. The molecule has 1 heterocycles. The predicted molar refractivity (Wildman–Crippen MR) is 117 cm³/mol. The van der Waals surface area contributed by atoms with Gasteiger partial charge in [-0.25, -0.2) is 4.79 Å². The van der Waals surface area contributed by atoms with Crippen LogP contribution in [0.4, 0.5) is 4.79 Å². The van der Waals surface area contributed by atoms with Crippen LogP contribution in [0, 0.1) is 17.3 Å². The quantitative estimate of drug-likeness (QED) is 0.748. The van der Waals surface area contributed by atoms with E-state index in [0.29, 0.717) is 19.4 Å². The Kier molecular flexibility index (Phi) is 7.20. The predicted octanol–water partition coefficient (Wildman–Crippen LogP) is 3.59. The zero-order chi connectivity index (χ0) is 22.7. The lowest BCUT2D eigenvalue weighted by Crippen LogP contribution is -2.45. The van der Waals surface area contributed by atoms with Gasteiger partial charge in [0, 0.05) is 39.0 Å². The van der Waals surface area contributed by atoms with E-state index in [1.165, 1.54) is 0 Å². The molecule has 6 heteroatoms. The second-order valence-corrected chi connectivity index (χ2v) is 9.38. The Morgan fingerprint density at radius 3 is 2.37 bits per heavy atom. The second kappa shape index (κ2) is 9.09. The minimum absolute atomic E-state index is 0.0354. The number of hydrogen-bond donors (Lipinski definition) is 1. The Balaban J connectivity index is 2.04. The molecule has 2 amide bonds. The Bertz CT molecular complexity index is 825. The molecule has 0 aromatic heterocycles. The third-order valence-electron chi connectivity index (χ3n) is 5.24. The number of carbonyl (C=O) groups is 2. The van der Waals surface area contributed by atoms with Crippen molar-refractivity contribution in [3.05, 3.63) is 35.4 Å². The number of carbonyl (C=O) groups excluding carboxylic acids is 2. The van der Waals surface area contributed by atoms with Crippen LogP contribution >= 0.6 is 0 Å². The van der Waals surface area contributed by atoms with Crippen molar-refractivity contribution in [3.63, 3.8) is 0 Å². The molecule has 2 rings (SSSR count). The van der Waals surface area contributed by atoms with Crippen LogP contribution in [0.2, 0.25) is 0 Å². The van der Waals surface area contributed by atoms with E-state index in [9.17, 15) is 14.7 Å². The largest absolute Gasteiger partial charge is 0.446 e. The van der Waals surface area contributed by atoms with Crippen molar-refractivity contribution in [3.8, 4) is 11.8 Å². The highest BCUT2D eigenvalue weighted by Gasteiger charge is 2.33. The van der Waals surface area contributed by atoms with E-state index < -0.39 is 11.0 Å². The van der Waals surface area contributed by atoms with Gasteiger partial charge in [0.2, 0.25) is 5.91 Å². The molecule has 1 aliphatic rings. The maximum absolute atomic E-state index is 12.5. The summed E-state index contributed by atoms with van der Waals surface area (Å²) in [5.74, 6) is 6.09. The van der Waals surface area contributed by atoms with Gasteiger partial charge < -0.3 is 19.6 Å². The van der Waals surface area contributed by atoms with Crippen molar-refractivity contribution in [2.45, 2.75) is 65.2 Å². The van der Waals surface area contributed by atoms with Gasteiger partial charge in [0.1, 0.15) is 11.5 Å². The second-order valence-electron chi connectivity index (χ2n) is 9.38. The van der Waals surface area contributed by atoms with E-state index in [1.54, 1.807) is 37.7 Å². The first-order chi connectivity index (χ1) is 13.8. The number of hydrogen-bond acceptors (Lipinski definition) is 4. The fourth-order valence-electron chi connectivity index (χ4n) is 3.56. The lowest BCUT2D eigenvalue weighted by molar-refractivity contribution is -0.134. The van der Waals surface area contributed by atoms with Crippen LogP contribution < -0.4 is 0 Å². The highest BCUT2D eigenvalue weighted by atomic mass is 16.6. The molecule has 1 N–H and O–H groups in total. The molecule has 2 unspecified atom stereocenters. The number of amides is 2. The Hall–Kier alpha value is -2.52. The van der Waals surface area contributed by atoms with Crippen molar-refractivity contribution >= 4 is 12.0 Å². The van der Waals surface area contributed by atoms with Crippen LogP contribution in [0.3, 0.4) is 0 Å². The summed E-state index contributed by atoms with van der Waals surface area (Å²) in [5, 5.41) is 9.95. The number of nitrogens with zero attached hydrogens (tertiary/aromatic N) is 2. The highest BCUT2D eigenvalue weighted by molar-refractivity contribution is 5.84. The van der Waals surface area contributed by atoms with Gasteiger partial charge in [-0.15, -0.1) is 0 Å². The average Bonchev–Trinajstić information content (AvgIpc) is 2.64. The van der Waals surface area contributed by atoms with Crippen LogP contribution in [0.1, 0.15) is 64.6 Å². The SMILES string of the molecule is CC(c1ccc(C#CC(C)(C)C(=O)N(C)C)cc1)N1CCC(CC(C)(C)O)OC1=O. The van der Waals surface area contributed by atoms with Crippen molar-refractivity contribution in [2.24, 2.45) is 5.41 Å². The van der Waals surface area contributed by atoms with Gasteiger partial charge in [-0.2, -0.15) is 0 Å². The molecule has 0 aliphatic carbocycles. The van der Waals surface area contributed by atoms with Crippen LogP contribution in [-0.4, -0.2) is 59.3 Å². The molecule has 0 radical (unpaired) electrons. The first kappa shape index (κ1) is 23.8. The molecule has 1 aromatic carbocycles. The van der Waals surface area contributed by atoms with Gasteiger partial charge in [-0.3, -0.25) is 4.79 Å². The van der Waals surface area contributed by atoms with Gasteiger partial charge in [-0.1, -0.05) is 24.0 Å². The molecule has 1 fully saturated rings. The number of aliphatic hydroxyl groups is 1. The van der Waals surface area contributed by atoms with Gasteiger partial charge in [0.05, 0.1) is 11.6 Å². The highest BCUT2D eigenvalue weighted by Crippen LogP contribution is 2.28. The van der Waals surface area contributed by atoms with Crippen molar-refractivity contribution in [1.29, 1.82) is 0 Å². The van der Waals surface area contributed by atoms with E-state index in [4.69, 9.17) is 4.74 Å². The van der Waals surface area contributed by atoms with E-state index >= 15 is 0 Å². The maximum Gasteiger partial charge on any atom is 0.410 e. The lowest BCUT2D eigenvalue weighted by Gasteiger charge is -2.37. The number of ether oxygens (including phenoxy) is 1. The molecule has 0 spiro atoms. The van der Waals surface area contributed by atoms with Gasteiger partial charge >= 0.3 is 6.09 Å². The van der Waals surface area contributed by atoms with Crippen molar-refractivity contribution in [1.82, 2.24) is 9.80 Å². The smallest absolute Gasteiger partial charge is 0.410 e. The third kappa shape index (κ3) is 6.24. The van der Waals surface area contributed by atoms with Crippen LogP contribution in [0.15, 0.2) is 24.3 Å². The van der Waals surface area contributed by atoms with E-state index in [1.807, 2.05) is 45.0 Å². The Morgan fingerprint density at radius 2 is 1.87 bits per heavy atom. The van der Waals surface area contributed by atoms with E-state index in [0.717, 1.165) is 11.1 Å². The summed E-state index contributed by atoms with van der Waals surface area (Å²) in [5.41, 5.74) is 0.188. The van der Waals surface area contributed by atoms with Crippen LogP contribution in [-0.2, 0) is 9.53 Å². The number of benzene rings is 1.